The molecule has 0 bridgehead atoms. The van der Waals surface area contributed by atoms with Crippen molar-refractivity contribution >= 4 is 29.0 Å². The molecule has 3 heterocycles. The summed E-state index contributed by atoms with van der Waals surface area (Å²) in [4.78, 5) is 18.1. The third-order valence-corrected chi connectivity index (χ3v) is 6.66. The van der Waals surface area contributed by atoms with Crippen molar-refractivity contribution < 1.29 is 9.90 Å². The number of aryl methyl sites for hydroxylation is 2. The number of carbonyl (C=O) groups is 1. The minimum Gasteiger partial charge on any atom is -0.478 e. The Kier molecular flexibility index (Phi) is 5.63. The van der Waals surface area contributed by atoms with E-state index in [0.717, 1.165) is 22.8 Å². The van der Waals surface area contributed by atoms with Crippen LogP contribution in [-0.2, 0) is 0 Å². The molecule has 6 nitrogen and oxygen atoms in total. The minimum absolute atomic E-state index is 0.165. The molecule has 2 N–H and O–H groups in total. The Hall–Kier alpha value is -3.97. The average Bonchev–Trinajstić information content (AvgIpc) is 3.46. The third kappa shape index (κ3) is 3.84. The molecule has 0 aliphatic carbocycles. The van der Waals surface area contributed by atoms with Crippen LogP contribution in [0.4, 0.5) is 5.69 Å². The topological polar surface area (TPSA) is 70.4 Å². The van der Waals surface area contributed by atoms with Crippen molar-refractivity contribution in [1.29, 1.82) is 0 Å². The fraction of sp³-hybridized carbons (Fsp3) is 0.148. The summed E-state index contributed by atoms with van der Waals surface area (Å²) < 4.78 is 2.08. The quantitative estimate of drug-likeness (QED) is 0.384. The van der Waals surface area contributed by atoms with Gasteiger partial charge in [-0.25, -0.2) is 4.79 Å². The molecule has 1 aliphatic rings. The van der Waals surface area contributed by atoms with E-state index in [4.69, 9.17) is 12.2 Å². The van der Waals surface area contributed by atoms with E-state index in [1.807, 2.05) is 42.6 Å². The number of carboxylic acid groups (broad SMARTS) is 1. The Bertz CT molecular complexity index is 1370. The maximum Gasteiger partial charge on any atom is 0.335 e. The number of rotatable bonds is 5. The Balaban J connectivity index is 1.65. The lowest BCUT2D eigenvalue weighted by Gasteiger charge is -2.29. The number of anilines is 1. The van der Waals surface area contributed by atoms with Gasteiger partial charge < -0.3 is 19.9 Å². The summed E-state index contributed by atoms with van der Waals surface area (Å²) in [5.74, 6) is -0.944. The van der Waals surface area contributed by atoms with E-state index in [1.165, 1.54) is 11.1 Å². The number of aromatic nitrogens is 2. The highest BCUT2D eigenvalue weighted by molar-refractivity contribution is 7.80. The summed E-state index contributed by atoms with van der Waals surface area (Å²) in [5.41, 5.74) is 6.48. The van der Waals surface area contributed by atoms with Gasteiger partial charge in [-0.15, -0.1) is 0 Å². The Morgan fingerprint density at radius 2 is 1.74 bits per heavy atom. The van der Waals surface area contributed by atoms with Crippen LogP contribution >= 0.6 is 12.2 Å². The van der Waals surface area contributed by atoms with Crippen LogP contribution in [0.25, 0.3) is 5.69 Å². The second-order valence-corrected chi connectivity index (χ2v) is 8.81. The lowest BCUT2D eigenvalue weighted by molar-refractivity contribution is 0.0697. The SMILES string of the molecule is Cc1ccc(N2C(=S)N[C@H](c3ccccn3)[C@H]2c2cccn2-c2ccc(C(=O)O)cc2)cc1C. The van der Waals surface area contributed by atoms with Crippen LogP contribution in [-0.4, -0.2) is 25.7 Å². The second-order valence-electron chi connectivity index (χ2n) is 8.42. The molecule has 170 valence electrons. The summed E-state index contributed by atoms with van der Waals surface area (Å²) in [5, 5.41) is 13.4. The van der Waals surface area contributed by atoms with Crippen molar-refractivity contribution in [2.24, 2.45) is 0 Å². The van der Waals surface area contributed by atoms with Crippen LogP contribution in [0.15, 0.2) is 85.2 Å². The van der Waals surface area contributed by atoms with Gasteiger partial charge in [-0.1, -0.05) is 12.1 Å². The van der Waals surface area contributed by atoms with Gasteiger partial charge in [0.25, 0.3) is 0 Å². The summed E-state index contributed by atoms with van der Waals surface area (Å²) in [6.45, 7) is 4.20. The molecule has 7 heteroatoms. The number of thiocarbonyl (C=S) groups is 1. The lowest BCUT2D eigenvalue weighted by atomic mass is 10.00. The normalized spacial score (nSPS) is 17.6. The highest BCUT2D eigenvalue weighted by Crippen LogP contribution is 2.42. The van der Waals surface area contributed by atoms with E-state index in [-0.39, 0.29) is 17.6 Å². The fourth-order valence-corrected chi connectivity index (χ4v) is 4.79. The molecule has 0 spiro atoms. The molecule has 2 aromatic heterocycles. The number of carboxylic acids is 1. The Morgan fingerprint density at radius 1 is 0.971 bits per heavy atom. The molecule has 1 saturated heterocycles. The van der Waals surface area contributed by atoms with Gasteiger partial charge in [0.1, 0.15) is 6.04 Å². The van der Waals surface area contributed by atoms with E-state index in [1.54, 1.807) is 18.3 Å². The minimum atomic E-state index is -0.944. The van der Waals surface area contributed by atoms with Crippen LogP contribution in [0.2, 0.25) is 0 Å². The molecule has 0 amide bonds. The number of nitrogens with zero attached hydrogens (tertiary/aromatic N) is 3. The summed E-state index contributed by atoms with van der Waals surface area (Å²) in [7, 11) is 0. The van der Waals surface area contributed by atoms with E-state index >= 15 is 0 Å². The van der Waals surface area contributed by atoms with Gasteiger partial charge in [0, 0.05) is 29.5 Å². The molecular formula is C27H24N4O2S. The van der Waals surface area contributed by atoms with Crippen molar-refractivity contribution in [3.63, 3.8) is 0 Å². The van der Waals surface area contributed by atoms with E-state index < -0.39 is 5.97 Å². The maximum absolute atomic E-state index is 11.3. The number of benzene rings is 2. The van der Waals surface area contributed by atoms with Crippen LogP contribution in [0, 0.1) is 13.8 Å². The van der Waals surface area contributed by atoms with Crippen molar-refractivity contribution in [2.45, 2.75) is 25.9 Å². The molecule has 5 rings (SSSR count). The van der Waals surface area contributed by atoms with Crippen LogP contribution < -0.4 is 10.2 Å². The van der Waals surface area contributed by atoms with Gasteiger partial charge in [0.2, 0.25) is 0 Å². The van der Waals surface area contributed by atoms with Gasteiger partial charge in [0.05, 0.1) is 17.3 Å². The van der Waals surface area contributed by atoms with Crippen molar-refractivity contribution in [1.82, 2.24) is 14.9 Å². The molecule has 2 aromatic carbocycles. The number of aromatic carboxylic acids is 1. The first-order valence-corrected chi connectivity index (χ1v) is 11.4. The monoisotopic (exact) mass is 468 g/mol. The van der Waals surface area contributed by atoms with Gasteiger partial charge >= 0.3 is 5.97 Å². The Morgan fingerprint density at radius 3 is 2.41 bits per heavy atom. The Labute approximate surface area is 203 Å². The first-order chi connectivity index (χ1) is 16.4. The molecular weight excluding hydrogens is 444 g/mol. The molecule has 0 unspecified atom stereocenters. The van der Waals surface area contributed by atoms with Gasteiger partial charge in [-0.2, -0.15) is 0 Å². The van der Waals surface area contributed by atoms with E-state index in [2.05, 4.69) is 57.9 Å². The first-order valence-electron chi connectivity index (χ1n) is 11.0. The largest absolute Gasteiger partial charge is 0.478 e. The second kappa shape index (κ2) is 8.76. The zero-order valence-electron chi connectivity index (χ0n) is 18.8. The number of pyridine rings is 1. The molecule has 1 aliphatic heterocycles. The highest BCUT2D eigenvalue weighted by Gasteiger charge is 2.42. The number of nitrogens with one attached hydrogen (secondary N) is 1. The standard InChI is InChI=1S/C27H24N4O2S/c1-17-8-11-21(16-18(17)2)31-25(24(29-27(31)34)22-6-3-4-14-28-22)23-7-5-15-30(23)20-12-9-19(10-13-20)26(32)33/h3-16,24-25H,1-2H3,(H,29,34)(H,32,33)/t24-,25-/m1/s1. The van der Waals surface area contributed by atoms with Crippen molar-refractivity contribution in [2.75, 3.05) is 4.90 Å². The van der Waals surface area contributed by atoms with E-state index in [9.17, 15) is 9.90 Å². The predicted molar refractivity (Wildman–Crippen MR) is 137 cm³/mol. The summed E-state index contributed by atoms with van der Waals surface area (Å²) in [6.07, 6.45) is 3.78. The van der Waals surface area contributed by atoms with Crippen LogP contribution in [0.1, 0.15) is 45.0 Å². The average molecular weight is 469 g/mol. The molecule has 0 saturated carbocycles. The fourth-order valence-electron chi connectivity index (χ4n) is 4.44. The maximum atomic E-state index is 11.3. The number of hydrogen-bond acceptors (Lipinski definition) is 3. The smallest absolute Gasteiger partial charge is 0.335 e. The van der Waals surface area contributed by atoms with E-state index in [0.29, 0.717) is 5.11 Å². The third-order valence-electron chi connectivity index (χ3n) is 6.34. The van der Waals surface area contributed by atoms with Crippen LogP contribution in [0.5, 0.6) is 0 Å². The molecule has 0 radical (unpaired) electrons. The van der Waals surface area contributed by atoms with Gasteiger partial charge in [0.15, 0.2) is 5.11 Å². The van der Waals surface area contributed by atoms with Gasteiger partial charge in [-0.05, 0) is 97.9 Å². The van der Waals surface area contributed by atoms with Crippen molar-refractivity contribution in [3.05, 3.63) is 113 Å². The zero-order chi connectivity index (χ0) is 23.8. The number of hydrogen-bond donors (Lipinski definition) is 2. The predicted octanol–water partition coefficient (Wildman–Crippen LogP) is 5.36. The summed E-state index contributed by atoms with van der Waals surface area (Å²) >= 11 is 5.84. The molecule has 34 heavy (non-hydrogen) atoms. The molecule has 2 atom stereocenters. The zero-order valence-corrected chi connectivity index (χ0v) is 19.7. The first kappa shape index (κ1) is 21.9. The van der Waals surface area contributed by atoms with Gasteiger partial charge in [-0.3, -0.25) is 4.98 Å². The lowest BCUT2D eigenvalue weighted by Crippen LogP contribution is -2.30. The summed E-state index contributed by atoms with van der Waals surface area (Å²) in [6, 6.07) is 22.9. The highest BCUT2D eigenvalue weighted by atomic mass is 32.1. The van der Waals surface area contributed by atoms with Crippen LogP contribution in [0.3, 0.4) is 0 Å². The molecule has 1 fully saturated rings. The molecule has 4 aromatic rings. The van der Waals surface area contributed by atoms with Crippen molar-refractivity contribution in [3.8, 4) is 5.69 Å².